The van der Waals surface area contributed by atoms with Crippen LogP contribution in [0.4, 0.5) is 5.69 Å². The molecule has 1 amide bonds. The molecule has 6 heteroatoms. The number of hydrogen-bond donors (Lipinski definition) is 2. The Hall–Kier alpha value is -1.56. The summed E-state index contributed by atoms with van der Waals surface area (Å²) in [5, 5.41) is 9.83. The average molecular weight is 226 g/mol. The number of methoxy groups -OCH3 is 1. The summed E-state index contributed by atoms with van der Waals surface area (Å²) < 4.78 is 6.59. The van der Waals surface area contributed by atoms with E-state index >= 15 is 0 Å². The molecule has 2 N–H and O–H groups in total. The van der Waals surface area contributed by atoms with E-state index in [1.54, 1.807) is 31.2 Å². The zero-order valence-corrected chi connectivity index (χ0v) is 9.86. The number of anilines is 1. The minimum Gasteiger partial charge on any atom is -0.383 e. The summed E-state index contributed by atoms with van der Waals surface area (Å²) in [6.07, 6.45) is 3.48. The summed E-state index contributed by atoms with van der Waals surface area (Å²) in [6, 6.07) is 0.211. The molecular formula is C10H18N4O2. The third-order valence-corrected chi connectivity index (χ3v) is 2.05. The van der Waals surface area contributed by atoms with Gasteiger partial charge in [0.25, 0.3) is 0 Å². The predicted molar refractivity (Wildman–Crippen MR) is 61.3 cm³/mol. The molecule has 0 saturated carbocycles. The van der Waals surface area contributed by atoms with Crippen LogP contribution >= 0.6 is 0 Å². The highest BCUT2D eigenvalue weighted by atomic mass is 16.5. The lowest BCUT2D eigenvalue weighted by molar-refractivity contribution is -0.121. The van der Waals surface area contributed by atoms with E-state index in [1.165, 1.54) is 0 Å². The quantitative estimate of drug-likeness (QED) is 0.720. The summed E-state index contributed by atoms with van der Waals surface area (Å²) in [6.45, 7) is 2.87. The van der Waals surface area contributed by atoms with Crippen LogP contribution in [-0.4, -0.2) is 42.5 Å². The molecule has 0 bridgehead atoms. The molecule has 1 rings (SSSR count). The standard InChI is InChI=1S/C10H18N4O2/c1-8(7-16-3)13-9-4-12-14(5-9)6-10(15)11-2/h4-5,8,13H,6-7H2,1-3H3,(H,11,15). The number of ether oxygens (including phenoxy) is 1. The van der Waals surface area contributed by atoms with Gasteiger partial charge in [-0.25, -0.2) is 0 Å². The third-order valence-electron chi connectivity index (χ3n) is 2.05. The topological polar surface area (TPSA) is 68.2 Å². The first-order chi connectivity index (χ1) is 7.65. The molecule has 6 nitrogen and oxygen atoms in total. The van der Waals surface area contributed by atoms with Crippen LogP contribution in [0.25, 0.3) is 0 Å². The van der Waals surface area contributed by atoms with E-state index in [9.17, 15) is 4.79 Å². The SMILES string of the molecule is CNC(=O)Cn1cc(NC(C)COC)cn1. The number of nitrogens with zero attached hydrogens (tertiary/aromatic N) is 2. The van der Waals surface area contributed by atoms with Crippen molar-refractivity contribution in [3.05, 3.63) is 12.4 Å². The summed E-state index contributed by atoms with van der Waals surface area (Å²) >= 11 is 0. The first-order valence-corrected chi connectivity index (χ1v) is 5.14. The van der Waals surface area contributed by atoms with Crippen LogP contribution in [0, 0.1) is 0 Å². The normalized spacial score (nSPS) is 12.2. The minimum atomic E-state index is -0.0698. The van der Waals surface area contributed by atoms with Gasteiger partial charge in [-0.05, 0) is 6.92 Å². The second kappa shape index (κ2) is 6.12. The lowest BCUT2D eigenvalue weighted by atomic mass is 10.3. The lowest BCUT2D eigenvalue weighted by Crippen LogP contribution is -2.23. The number of carbonyl (C=O) groups excluding carboxylic acids is 1. The van der Waals surface area contributed by atoms with Crippen molar-refractivity contribution in [3.8, 4) is 0 Å². The van der Waals surface area contributed by atoms with Gasteiger partial charge in [0, 0.05) is 26.4 Å². The van der Waals surface area contributed by atoms with Gasteiger partial charge in [-0.1, -0.05) is 0 Å². The van der Waals surface area contributed by atoms with E-state index in [4.69, 9.17) is 4.74 Å². The maximum Gasteiger partial charge on any atom is 0.241 e. The molecule has 1 heterocycles. The highest BCUT2D eigenvalue weighted by molar-refractivity contribution is 5.75. The van der Waals surface area contributed by atoms with Gasteiger partial charge in [-0.15, -0.1) is 0 Å². The van der Waals surface area contributed by atoms with Gasteiger partial charge in [0.2, 0.25) is 5.91 Å². The molecule has 0 aliphatic rings. The summed E-state index contributed by atoms with van der Waals surface area (Å²) in [4.78, 5) is 11.1. The van der Waals surface area contributed by atoms with Crippen LogP contribution in [0.1, 0.15) is 6.92 Å². The van der Waals surface area contributed by atoms with Crippen molar-refractivity contribution < 1.29 is 9.53 Å². The van der Waals surface area contributed by atoms with Crippen molar-refractivity contribution in [1.82, 2.24) is 15.1 Å². The second-order valence-corrected chi connectivity index (χ2v) is 3.60. The fourth-order valence-electron chi connectivity index (χ4n) is 1.33. The largest absolute Gasteiger partial charge is 0.383 e. The molecule has 0 saturated heterocycles. The van der Waals surface area contributed by atoms with Crippen molar-refractivity contribution in [3.63, 3.8) is 0 Å². The first-order valence-electron chi connectivity index (χ1n) is 5.14. The van der Waals surface area contributed by atoms with E-state index in [0.717, 1.165) is 5.69 Å². The number of amides is 1. The van der Waals surface area contributed by atoms with Gasteiger partial charge in [-0.3, -0.25) is 9.48 Å². The number of carbonyl (C=O) groups is 1. The molecule has 0 spiro atoms. The predicted octanol–water partition coefficient (Wildman–Crippen LogP) is 0.0759. The maximum atomic E-state index is 11.1. The van der Waals surface area contributed by atoms with Gasteiger partial charge < -0.3 is 15.4 Å². The van der Waals surface area contributed by atoms with E-state index in [1.807, 2.05) is 6.92 Å². The summed E-state index contributed by atoms with van der Waals surface area (Å²) in [7, 11) is 3.26. The van der Waals surface area contributed by atoms with E-state index in [-0.39, 0.29) is 18.5 Å². The van der Waals surface area contributed by atoms with Gasteiger partial charge in [0.15, 0.2) is 0 Å². The number of nitrogens with one attached hydrogen (secondary N) is 2. The van der Waals surface area contributed by atoms with Gasteiger partial charge in [0.1, 0.15) is 6.54 Å². The van der Waals surface area contributed by atoms with Crippen molar-refractivity contribution >= 4 is 11.6 Å². The Balaban J connectivity index is 2.48. The fourth-order valence-corrected chi connectivity index (χ4v) is 1.33. The van der Waals surface area contributed by atoms with Crippen molar-refractivity contribution in [2.45, 2.75) is 19.5 Å². The minimum absolute atomic E-state index is 0.0698. The van der Waals surface area contributed by atoms with Crippen LogP contribution in [0.15, 0.2) is 12.4 Å². The summed E-state index contributed by atoms with van der Waals surface area (Å²) in [5.41, 5.74) is 0.883. The molecule has 0 aromatic carbocycles. The van der Waals surface area contributed by atoms with Gasteiger partial charge >= 0.3 is 0 Å². The Morgan fingerprint density at radius 2 is 2.44 bits per heavy atom. The van der Waals surface area contributed by atoms with Crippen LogP contribution in [0.3, 0.4) is 0 Å². The highest BCUT2D eigenvalue weighted by Gasteiger charge is 2.05. The molecule has 1 aromatic heterocycles. The molecule has 0 aliphatic heterocycles. The van der Waals surface area contributed by atoms with Crippen LogP contribution in [0.5, 0.6) is 0 Å². The monoisotopic (exact) mass is 226 g/mol. The Morgan fingerprint density at radius 3 is 3.06 bits per heavy atom. The van der Waals surface area contributed by atoms with Crippen LogP contribution in [-0.2, 0) is 16.1 Å². The van der Waals surface area contributed by atoms with Gasteiger partial charge in [-0.2, -0.15) is 5.10 Å². The molecule has 1 unspecified atom stereocenters. The molecule has 1 atom stereocenters. The van der Waals surface area contributed by atoms with E-state index in [2.05, 4.69) is 15.7 Å². The van der Waals surface area contributed by atoms with Gasteiger partial charge in [0.05, 0.1) is 18.5 Å². The Bertz CT molecular complexity index is 337. The van der Waals surface area contributed by atoms with E-state index < -0.39 is 0 Å². The summed E-state index contributed by atoms with van der Waals surface area (Å²) in [5.74, 6) is -0.0698. The number of aromatic nitrogens is 2. The molecule has 16 heavy (non-hydrogen) atoms. The smallest absolute Gasteiger partial charge is 0.241 e. The fraction of sp³-hybridized carbons (Fsp3) is 0.600. The number of hydrogen-bond acceptors (Lipinski definition) is 4. The van der Waals surface area contributed by atoms with Crippen molar-refractivity contribution in [2.75, 3.05) is 26.1 Å². The molecule has 0 fully saturated rings. The number of likely N-dealkylation sites (N-methyl/N-ethyl adjacent to an activating group) is 1. The lowest BCUT2D eigenvalue weighted by Gasteiger charge is -2.11. The molecule has 0 radical (unpaired) electrons. The maximum absolute atomic E-state index is 11.1. The second-order valence-electron chi connectivity index (χ2n) is 3.60. The zero-order valence-electron chi connectivity index (χ0n) is 9.86. The molecular weight excluding hydrogens is 208 g/mol. The zero-order chi connectivity index (χ0) is 12.0. The highest BCUT2D eigenvalue weighted by Crippen LogP contribution is 2.06. The molecule has 90 valence electrons. The molecule has 0 aliphatic carbocycles. The van der Waals surface area contributed by atoms with Crippen molar-refractivity contribution in [2.24, 2.45) is 0 Å². The van der Waals surface area contributed by atoms with Crippen LogP contribution in [0.2, 0.25) is 0 Å². The Kier molecular flexibility index (Phi) is 4.78. The van der Waals surface area contributed by atoms with Crippen LogP contribution < -0.4 is 10.6 Å². The average Bonchev–Trinajstić information content (AvgIpc) is 2.65. The molecule has 1 aromatic rings. The van der Waals surface area contributed by atoms with E-state index in [0.29, 0.717) is 6.61 Å². The van der Waals surface area contributed by atoms with Crippen molar-refractivity contribution in [1.29, 1.82) is 0 Å². The number of rotatable bonds is 6. The Morgan fingerprint density at radius 1 is 1.69 bits per heavy atom. The Labute approximate surface area is 95.0 Å². The third kappa shape index (κ3) is 3.90. The first kappa shape index (κ1) is 12.5.